The van der Waals surface area contributed by atoms with Crippen molar-refractivity contribution in [2.24, 2.45) is 0 Å². The number of ether oxygens (including phenoxy) is 1. The van der Waals surface area contributed by atoms with Gasteiger partial charge >= 0.3 is 0 Å². The van der Waals surface area contributed by atoms with Crippen LogP contribution in [-0.4, -0.2) is 23.9 Å². The third kappa shape index (κ3) is 5.42. The molecule has 2 aromatic carbocycles. The lowest BCUT2D eigenvalue weighted by molar-refractivity contribution is -0.120. The van der Waals surface area contributed by atoms with E-state index in [9.17, 15) is 9.59 Å². The van der Waals surface area contributed by atoms with Gasteiger partial charge in [0.1, 0.15) is 5.75 Å². The van der Waals surface area contributed by atoms with Crippen LogP contribution in [0.3, 0.4) is 0 Å². The van der Waals surface area contributed by atoms with Crippen LogP contribution in [0.2, 0.25) is 0 Å². The van der Waals surface area contributed by atoms with Crippen molar-refractivity contribution >= 4 is 28.3 Å². The van der Waals surface area contributed by atoms with E-state index in [0.717, 1.165) is 27.4 Å². The van der Waals surface area contributed by atoms with E-state index in [1.807, 2.05) is 61.5 Å². The van der Waals surface area contributed by atoms with E-state index < -0.39 is 6.04 Å². The third-order valence-electron chi connectivity index (χ3n) is 4.38. The van der Waals surface area contributed by atoms with Gasteiger partial charge < -0.3 is 15.4 Å². The lowest BCUT2D eigenvalue weighted by Gasteiger charge is -2.17. The zero-order valence-electron chi connectivity index (χ0n) is 16.6. The highest BCUT2D eigenvalue weighted by Crippen LogP contribution is 2.31. The van der Waals surface area contributed by atoms with Gasteiger partial charge in [0.15, 0.2) is 5.13 Å². The van der Waals surface area contributed by atoms with E-state index in [0.29, 0.717) is 5.13 Å². The second-order valence-electron chi connectivity index (χ2n) is 6.57. The molecule has 1 atom stereocenters. The number of carbonyl (C=O) groups is 2. The smallest absolute Gasteiger partial charge is 0.228 e. The molecule has 6 nitrogen and oxygen atoms in total. The first-order valence-corrected chi connectivity index (χ1v) is 10.0. The van der Waals surface area contributed by atoms with Gasteiger partial charge in [0.2, 0.25) is 11.8 Å². The molecule has 0 aliphatic rings. The predicted octanol–water partition coefficient (Wildman–Crippen LogP) is 4.33. The Balaban J connectivity index is 1.72. The number of hydrogen-bond acceptors (Lipinski definition) is 5. The molecule has 3 rings (SSSR count). The SMILES string of the molecule is COc1ccc(-c2nc(NC(=O)CC(NC(C)=O)c3ccccc3)sc2C)cc1. The monoisotopic (exact) mass is 409 g/mol. The maximum atomic E-state index is 12.6. The third-order valence-corrected chi connectivity index (χ3v) is 5.26. The lowest BCUT2D eigenvalue weighted by Crippen LogP contribution is -2.29. The summed E-state index contributed by atoms with van der Waals surface area (Å²) in [5.74, 6) is 0.390. The maximum absolute atomic E-state index is 12.6. The molecule has 1 unspecified atom stereocenters. The molecular weight excluding hydrogens is 386 g/mol. The van der Waals surface area contributed by atoms with Crippen molar-refractivity contribution < 1.29 is 14.3 Å². The van der Waals surface area contributed by atoms with Crippen molar-refractivity contribution in [3.05, 3.63) is 65.0 Å². The fourth-order valence-electron chi connectivity index (χ4n) is 3.01. The summed E-state index contributed by atoms with van der Waals surface area (Å²) in [6.07, 6.45) is 0.125. The Morgan fingerprint density at radius 2 is 1.79 bits per heavy atom. The molecule has 3 aromatic rings. The summed E-state index contributed by atoms with van der Waals surface area (Å²) in [5, 5.41) is 6.23. The van der Waals surface area contributed by atoms with Crippen LogP contribution in [0.5, 0.6) is 5.75 Å². The van der Waals surface area contributed by atoms with Gasteiger partial charge in [-0.15, -0.1) is 11.3 Å². The summed E-state index contributed by atoms with van der Waals surface area (Å²) in [7, 11) is 1.63. The van der Waals surface area contributed by atoms with Gasteiger partial charge in [-0.1, -0.05) is 30.3 Å². The van der Waals surface area contributed by atoms with Gasteiger partial charge in [-0.25, -0.2) is 4.98 Å². The molecule has 1 aromatic heterocycles. The molecular formula is C22H23N3O3S. The standard InChI is InChI=1S/C22H23N3O3S/c1-14-21(17-9-11-18(28-3)12-10-17)25-22(29-14)24-20(27)13-19(23-15(2)26)16-7-5-4-6-8-16/h4-12,19H,13H2,1-3H3,(H,23,26)(H,24,25,27). The summed E-state index contributed by atoms with van der Waals surface area (Å²) in [4.78, 5) is 29.7. The number of methoxy groups -OCH3 is 1. The molecule has 7 heteroatoms. The predicted molar refractivity (Wildman–Crippen MR) is 115 cm³/mol. The summed E-state index contributed by atoms with van der Waals surface area (Å²) in [6, 6.07) is 16.7. The van der Waals surface area contributed by atoms with Crippen LogP contribution in [0, 0.1) is 6.92 Å². The summed E-state index contributed by atoms with van der Waals surface area (Å²) in [6.45, 7) is 3.41. The molecule has 0 spiro atoms. The quantitative estimate of drug-likeness (QED) is 0.609. The number of rotatable bonds is 7. The Morgan fingerprint density at radius 3 is 2.41 bits per heavy atom. The van der Waals surface area contributed by atoms with E-state index in [4.69, 9.17) is 4.74 Å². The van der Waals surface area contributed by atoms with Crippen LogP contribution in [0.1, 0.15) is 29.8 Å². The minimum Gasteiger partial charge on any atom is -0.497 e. The topological polar surface area (TPSA) is 80.3 Å². The van der Waals surface area contributed by atoms with Gasteiger partial charge in [-0.2, -0.15) is 0 Å². The van der Waals surface area contributed by atoms with Gasteiger partial charge in [0.05, 0.1) is 25.3 Å². The minimum atomic E-state index is -0.393. The largest absolute Gasteiger partial charge is 0.497 e. The molecule has 150 valence electrons. The summed E-state index contributed by atoms with van der Waals surface area (Å²) in [5.41, 5.74) is 2.67. The van der Waals surface area contributed by atoms with Crippen LogP contribution in [0.15, 0.2) is 54.6 Å². The van der Waals surface area contributed by atoms with Crippen LogP contribution in [-0.2, 0) is 9.59 Å². The van der Waals surface area contributed by atoms with Crippen LogP contribution < -0.4 is 15.4 Å². The molecule has 0 radical (unpaired) electrons. The van der Waals surface area contributed by atoms with E-state index in [1.165, 1.54) is 18.3 Å². The molecule has 0 saturated heterocycles. The second kappa shape index (κ2) is 9.34. The Bertz CT molecular complexity index is 984. The molecule has 0 saturated carbocycles. The average molecular weight is 410 g/mol. The molecule has 0 aliphatic heterocycles. The average Bonchev–Trinajstić information content (AvgIpc) is 3.07. The van der Waals surface area contributed by atoms with Crippen LogP contribution in [0.4, 0.5) is 5.13 Å². The number of anilines is 1. The number of nitrogens with one attached hydrogen (secondary N) is 2. The van der Waals surface area contributed by atoms with Gasteiger partial charge in [0.25, 0.3) is 0 Å². The molecule has 0 aliphatic carbocycles. The molecule has 2 N–H and O–H groups in total. The number of thiazole rings is 1. The first kappa shape index (κ1) is 20.5. The Hall–Kier alpha value is -3.19. The number of nitrogens with zero attached hydrogens (tertiary/aromatic N) is 1. The fourth-order valence-corrected chi connectivity index (χ4v) is 3.86. The van der Waals surface area contributed by atoms with E-state index in [2.05, 4.69) is 15.6 Å². The lowest BCUT2D eigenvalue weighted by atomic mass is 10.0. The second-order valence-corrected chi connectivity index (χ2v) is 7.77. The van der Waals surface area contributed by atoms with Crippen molar-refractivity contribution in [2.75, 3.05) is 12.4 Å². The van der Waals surface area contributed by atoms with Crippen LogP contribution in [0.25, 0.3) is 11.3 Å². The first-order chi connectivity index (χ1) is 14.0. The minimum absolute atomic E-state index is 0.125. The summed E-state index contributed by atoms with van der Waals surface area (Å²) >= 11 is 1.42. The van der Waals surface area contributed by atoms with E-state index in [1.54, 1.807) is 7.11 Å². The Kier molecular flexibility index (Phi) is 6.61. The van der Waals surface area contributed by atoms with Crippen molar-refractivity contribution in [3.63, 3.8) is 0 Å². The van der Waals surface area contributed by atoms with Crippen molar-refractivity contribution in [1.29, 1.82) is 0 Å². The van der Waals surface area contributed by atoms with Crippen molar-refractivity contribution in [3.8, 4) is 17.0 Å². The highest BCUT2D eigenvalue weighted by atomic mass is 32.1. The molecule has 1 heterocycles. The zero-order valence-corrected chi connectivity index (χ0v) is 17.4. The first-order valence-electron chi connectivity index (χ1n) is 9.20. The molecule has 0 fully saturated rings. The maximum Gasteiger partial charge on any atom is 0.228 e. The number of carbonyl (C=O) groups excluding carboxylic acids is 2. The molecule has 0 bridgehead atoms. The Labute approximate surface area is 173 Å². The number of amides is 2. The van der Waals surface area contributed by atoms with Gasteiger partial charge in [0, 0.05) is 17.4 Å². The molecule has 29 heavy (non-hydrogen) atoms. The molecule has 2 amide bonds. The number of aromatic nitrogens is 1. The highest BCUT2D eigenvalue weighted by molar-refractivity contribution is 7.16. The Morgan fingerprint density at radius 1 is 1.10 bits per heavy atom. The zero-order chi connectivity index (χ0) is 20.8. The van der Waals surface area contributed by atoms with Gasteiger partial charge in [-0.3, -0.25) is 9.59 Å². The van der Waals surface area contributed by atoms with Gasteiger partial charge in [-0.05, 0) is 36.8 Å². The van der Waals surface area contributed by atoms with Crippen molar-refractivity contribution in [2.45, 2.75) is 26.3 Å². The number of hydrogen-bond donors (Lipinski definition) is 2. The normalized spacial score (nSPS) is 11.6. The van der Waals surface area contributed by atoms with E-state index in [-0.39, 0.29) is 18.2 Å². The van der Waals surface area contributed by atoms with Crippen LogP contribution >= 0.6 is 11.3 Å². The number of benzene rings is 2. The number of aryl methyl sites for hydroxylation is 1. The highest BCUT2D eigenvalue weighted by Gasteiger charge is 2.19. The summed E-state index contributed by atoms with van der Waals surface area (Å²) < 4.78 is 5.19. The fraction of sp³-hybridized carbons (Fsp3) is 0.227. The van der Waals surface area contributed by atoms with E-state index >= 15 is 0 Å². The van der Waals surface area contributed by atoms with Crippen molar-refractivity contribution in [1.82, 2.24) is 10.3 Å².